The summed E-state index contributed by atoms with van der Waals surface area (Å²) in [7, 11) is -3.33. The third-order valence-corrected chi connectivity index (χ3v) is 9.61. The summed E-state index contributed by atoms with van der Waals surface area (Å²) in [6.45, 7) is 8.23. The van der Waals surface area contributed by atoms with Crippen LogP contribution < -0.4 is 15.6 Å². The van der Waals surface area contributed by atoms with E-state index in [1.807, 2.05) is 0 Å². The van der Waals surface area contributed by atoms with Crippen LogP contribution >= 0.6 is 11.6 Å². The highest BCUT2D eigenvalue weighted by atomic mass is 35.5. The third kappa shape index (κ3) is 6.04. The largest absolute Gasteiger partial charge is 0.490 e. The fourth-order valence-corrected chi connectivity index (χ4v) is 6.06. The lowest BCUT2D eigenvalue weighted by Crippen LogP contribution is -2.48. The monoisotopic (exact) mass is 538 g/mol. The topological polar surface area (TPSA) is 103 Å². The predicted molar refractivity (Wildman–Crippen MR) is 141 cm³/mol. The number of sulfonamides is 1. The molecule has 1 atom stereocenters. The van der Waals surface area contributed by atoms with Crippen LogP contribution in [0.2, 0.25) is 5.02 Å². The first-order chi connectivity index (χ1) is 17.1. The first kappa shape index (κ1) is 26.9. The highest BCUT2D eigenvalue weighted by molar-refractivity contribution is 7.90. The summed E-state index contributed by atoms with van der Waals surface area (Å²) in [5, 5.41) is 7.62. The number of rotatable bonds is 7. The van der Waals surface area contributed by atoms with Crippen molar-refractivity contribution in [3.63, 3.8) is 0 Å². The number of aromatic nitrogens is 2. The van der Waals surface area contributed by atoms with Crippen molar-refractivity contribution in [1.82, 2.24) is 14.1 Å². The van der Waals surface area contributed by atoms with Crippen molar-refractivity contribution in [3.8, 4) is 11.4 Å². The minimum Gasteiger partial charge on any atom is -0.490 e. The molecule has 0 aliphatic carbocycles. The summed E-state index contributed by atoms with van der Waals surface area (Å²) < 4.78 is 38.9. The Balaban J connectivity index is 1.35. The van der Waals surface area contributed by atoms with Crippen LogP contribution in [-0.4, -0.2) is 66.2 Å². The molecule has 1 aromatic heterocycles. The van der Waals surface area contributed by atoms with Crippen molar-refractivity contribution in [2.45, 2.75) is 57.3 Å². The molecule has 2 fully saturated rings. The molecule has 0 spiro atoms. The zero-order valence-electron chi connectivity index (χ0n) is 21.1. The molecule has 2 aliphatic rings. The van der Waals surface area contributed by atoms with E-state index in [0.717, 1.165) is 19.4 Å². The van der Waals surface area contributed by atoms with Gasteiger partial charge in [-0.05, 0) is 76.6 Å². The normalized spacial score (nSPS) is 20.3. The van der Waals surface area contributed by atoms with Gasteiger partial charge in [0.25, 0.3) is 5.56 Å². The molecular weight excluding hydrogens is 504 g/mol. The summed E-state index contributed by atoms with van der Waals surface area (Å²) in [5.74, 6) is 1.04. The number of nitrogens with zero attached hydrogens (tertiary/aromatic N) is 3. The van der Waals surface area contributed by atoms with Crippen molar-refractivity contribution in [3.05, 3.63) is 45.8 Å². The lowest BCUT2D eigenvalue weighted by atomic mass is 10.0. The smallest absolute Gasteiger partial charge is 0.292 e. The van der Waals surface area contributed by atoms with Gasteiger partial charge in [-0.15, -0.1) is 0 Å². The number of benzene rings is 1. The van der Waals surface area contributed by atoms with Crippen molar-refractivity contribution >= 4 is 27.3 Å². The first-order valence-corrected chi connectivity index (χ1v) is 14.2. The molecule has 198 valence electrons. The second kappa shape index (κ2) is 11.1. The maximum absolute atomic E-state index is 12.8. The molecule has 0 bridgehead atoms. The van der Waals surface area contributed by atoms with E-state index in [4.69, 9.17) is 21.1 Å². The molecule has 0 radical (unpaired) electrons. The molecule has 0 unspecified atom stereocenters. The summed E-state index contributed by atoms with van der Waals surface area (Å²) in [6.07, 6.45) is 4.86. The maximum atomic E-state index is 12.8. The van der Waals surface area contributed by atoms with Gasteiger partial charge < -0.3 is 14.8 Å². The second-order valence-electron chi connectivity index (χ2n) is 10.4. The Kier molecular flexibility index (Phi) is 8.28. The first-order valence-electron chi connectivity index (χ1n) is 12.4. The highest BCUT2D eigenvalue weighted by Gasteiger charge is 2.37. The lowest BCUT2D eigenvalue weighted by Gasteiger charge is -2.35. The average molecular weight is 539 g/mol. The van der Waals surface area contributed by atoms with Crippen LogP contribution in [0.5, 0.6) is 5.75 Å². The zero-order valence-corrected chi connectivity index (χ0v) is 22.6. The molecule has 1 N–H and O–H groups in total. The predicted octanol–water partition coefficient (Wildman–Crippen LogP) is 3.70. The van der Waals surface area contributed by atoms with Crippen molar-refractivity contribution in [2.24, 2.45) is 5.92 Å². The van der Waals surface area contributed by atoms with Crippen LogP contribution in [0.3, 0.4) is 0 Å². The molecule has 9 nitrogen and oxygen atoms in total. The van der Waals surface area contributed by atoms with Gasteiger partial charge in [0.2, 0.25) is 10.0 Å². The van der Waals surface area contributed by atoms with Crippen molar-refractivity contribution < 1.29 is 17.9 Å². The Hall–Kier alpha value is -2.14. The second-order valence-corrected chi connectivity index (χ2v) is 13.5. The van der Waals surface area contributed by atoms with E-state index in [1.165, 1.54) is 4.68 Å². The van der Waals surface area contributed by atoms with E-state index in [2.05, 4.69) is 10.4 Å². The summed E-state index contributed by atoms with van der Waals surface area (Å²) in [6, 6.07) is 7.08. The summed E-state index contributed by atoms with van der Waals surface area (Å²) in [4.78, 5) is 12.8. The van der Waals surface area contributed by atoms with Gasteiger partial charge in [-0.2, -0.15) is 9.78 Å². The number of nitrogens with one attached hydrogen (secondary N) is 1. The quantitative estimate of drug-likeness (QED) is 0.573. The van der Waals surface area contributed by atoms with Crippen LogP contribution in [0, 0.1) is 5.92 Å². The fraction of sp³-hybridized carbons (Fsp3) is 0.600. The van der Waals surface area contributed by atoms with Crippen molar-refractivity contribution in [2.75, 3.05) is 38.2 Å². The Bertz CT molecular complexity index is 1200. The van der Waals surface area contributed by atoms with E-state index >= 15 is 0 Å². The van der Waals surface area contributed by atoms with Crippen LogP contribution in [0.1, 0.15) is 46.5 Å². The number of ether oxygens (including phenoxy) is 2. The van der Waals surface area contributed by atoms with Crippen molar-refractivity contribution in [1.29, 1.82) is 0 Å². The van der Waals surface area contributed by atoms with E-state index < -0.39 is 20.3 Å². The Morgan fingerprint density at radius 1 is 1.17 bits per heavy atom. The number of halogens is 1. The lowest BCUT2D eigenvalue weighted by molar-refractivity contribution is 0.0595. The Morgan fingerprint density at radius 3 is 2.47 bits per heavy atom. The molecule has 4 rings (SSSR count). The fourth-order valence-electron chi connectivity index (χ4n) is 4.40. The minimum atomic E-state index is -3.33. The maximum Gasteiger partial charge on any atom is 0.292 e. The van der Waals surface area contributed by atoms with Gasteiger partial charge in [0.15, 0.2) is 0 Å². The van der Waals surface area contributed by atoms with E-state index in [-0.39, 0.29) is 11.1 Å². The number of hydrogen-bond donors (Lipinski definition) is 1. The minimum absolute atomic E-state index is 0.0718. The molecular formula is C25H35ClN4O5S. The van der Waals surface area contributed by atoms with E-state index in [0.29, 0.717) is 62.1 Å². The number of anilines is 1. The molecule has 36 heavy (non-hydrogen) atoms. The molecule has 2 aromatic rings. The zero-order chi connectivity index (χ0) is 25.9. The van der Waals surface area contributed by atoms with Crippen LogP contribution in [0.15, 0.2) is 35.3 Å². The molecule has 3 heterocycles. The Morgan fingerprint density at radius 2 is 1.86 bits per heavy atom. The Labute approximate surface area is 217 Å². The SMILES string of the molecule is CC(C)(C)S(=O)(=O)N1CCC(Oc2ccc(-n3ncc(NC[C@@H]4CCCOC4)c(Cl)c3=O)cc2)CC1. The molecule has 11 heteroatoms. The van der Waals surface area contributed by atoms with Gasteiger partial charge in [0, 0.05) is 26.2 Å². The van der Waals surface area contributed by atoms with Crippen LogP contribution in [0.25, 0.3) is 5.69 Å². The summed E-state index contributed by atoms with van der Waals surface area (Å²) in [5.41, 5.74) is 0.693. The standard InChI is InChI=1S/C25H35ClN4O5S/c1-25(2,3)36(32,33)29-12-10-21(11-13-29)35-20-8-6-19(7-9-20)30-24(31)23(26)22(16-28-30)27-15-18-5-4-14-34-17-18/h6-9,16,18,21,27H,4-5,10-15,17H2,1-3H3/t18-/m0/s1. The van der Waals surface area contributed by atoms with Gasteiger partial charge in [-0.25, -0.2) is 12.7 Å². The summed E-state index contributed by atoms with van der Waals surface area (Å²) >= 11 is 6.36. The number of piperidine rings is 1. The van der Waals surface area contributed by atoms with Crippen LogP contribution in [0.4, 0.5) is 5.69 Å². The molecule has 0 saturated carbocycles. The van der Waals surface area contributed by atoms with E-state index in [9.17, 15) is 13.2 Å². The average Bonchev–Trinajstić information content (AvgIpc) is 2.86. The van der Waals surface area contributed by atoms with Gasteiger partial charge in [0.05, 0.1) is 28.9 Å². The molecule has 2 saturated heterocycles. The molecule has 2 aliphatic heterocycles. The van der Waals surface area contributed by atoms with Gasteiger partial charge >= 0.3 is 0 Å². The van der Waals surface area contributed by atoms with Crippen LogP contribution in [-0.2, 0) is 14.8 Å². The third-order valence-electron chi connectivity index (χ3n) is 6.65. The highest BCUT2D eigenvalue weighted by Crippen LogP contribution is 2.26. The van der Waals surface area contributed by atoms with Gasteiger partial charge in [-0.1, -0.05) is 11.6 Å². The van der Waals surface area contributed by atoms with E-state index in [1.54, 1.807) is 55.5 Å². The molecule has 1 aromatic carbocycles. The van der Waals surface area contributed by atoms with Gasteiger partial charge in [-0.3, -0.25) is 4.79 Å². The number of hydrogen-bond acceptors (Lipinski definition) is 7. The molecule has 0 amide bonds. The van der Waals surface area contributed by atoms with Gasteiger partial charge in [0.1, 0.15) is 16.9 Å².